The molecular weight excluding hydrogens is 310 g/mol. The average Bonchev–Trinajstić information content (AvgIpc) is 2.37. The van der Waals surface area contributed by atoms with E-state index in [4.69, 9.17) is 12.2 Å². The molecule has 0 amide bonds. The van der Waals surface area contributed by atoms with Crippen molar-refractivity contribution >= 4 is 29.3 Å². The molecule has 122 valence electrons. The highest BCUT2D eigenvalue weighted by atomic mass is 32.1. The van der Waals surface area contributed by atoms with Gasteiger partial charge in [-0.3, -0.25) is 4.79 Å². The summed E-state index contributed by atoms with van der Waals surface area (Å²) in [5.41, 5.74) is 0.518. The first kappa shape index (κ1) is 18.3. The molecule has 0 saturated carbocycles. The smallest absolute Gasteiger partial charge is 0.387 e. The molecule has 1 rings (SSSR count). The van der Waals surface area contributed by atoms with E-state index in [-0.39, 0.29) is 22.8 Å². The zero-order valence-electron chi connectivity index (χ0n) is 12.9. The fourth-order valence-corrected chi connectivity index (χ4v) is 1.78. The molecule has 0 saturated heterocycles. The molecular formula is C15H20F2N2O2S. The van der Waals surface area contributed by atoms with Crippen molar-refractivity contribution in [2.24, 2.45) is 5.41 Å². The summed E-state index contributed by atoms with van der Waals surface area (Å²) >= 11 is 5.19. The Hall–Kier alpha value is -1.76. The van der Waals surface area contributed by atoms with Crippen LogP contribution in [0.5, 0.6) is 5.75 Å². The summed E-state index contributed by atoms with van der Waals surface area (Å²) in [6.45, 7) is 5.21. The number of rotatable bonds is 5. The molecule has 1 aromatic rings. The van der Waals surface area contributed by atoms with Gasteiger partial charge in [-0.1, -0.05) is 20.8 Å². The minimum absolute atomic E-state index is 0.0110. The predicted molar refractivity (Wildman–Crippen MR) is 86.7 cm³/mol. The van der Waals surface area contributed by atoms with Crippen LogP contribution in [-0.4, -0.2) is 24.1 Å². The molecule has 1 atom stereocenters. The summed E-state index contributed by atoms with van der Waals surface area (Å²) in [6, 6.07) is 4.38. The number of halogens is 2. The van der Waals surface area contributed by atoms with E-state index in [1.165, 1.54) is 12.1 Å². The zero-order valence-corrected chi connectivity index (χ0v) is 13.8. The Morgan fingerprint density at radius 1 is 1.36 bits per heavy atom. The first-order chi connectivity index (χ1) is 10.1. The topological polar surface area (TPSA) is 50.4 Å². The van der Waals surface area contributed by atoms with Crippen molar-refractivity contribution in [3.63, 3.8) is 0 Å². The van der Waals surface area contributed by atoms with Crippen molar-refractivity contribution in [3.8, 4) is 5.75 Å². The van der Waals surface area contributed by atoms with E-state index in [2.05, 4.69) is 36.1 Å². The molecule has 0 fully saturated rings. The van der Waals surface area contributed by atoms with Crippen LogP contribution in [0.25, 0.3) is 0 Å². The zero-order chi connectivity index (χ0) is 16.9. The number of carbonyl (C=O) groups excluding carboxylic acids is 1. The van der Waals surface area contributed by atoms with Crippen molar-refractivity contribution in [3.05, 3.63) is 23.8 Å². The monoisotopic (exact) mass is 330 g/mol. The minimum atomic E-state index is -3.00. The van der Waals surface area contributed by atoms with E-state index in [0.717, 1.165) is 0 Å². The van der Waals surface area contributed by atoms with Gasteiger partial charge in [-0.2, -0.15) is 8.78 Å². The molecule has 0 spiro atoms. The second-order valence-electron chi connectivity index (χ2n) is 5.94. The first-order valence-electron chi connectivity index (χ1n) is 6.75. The van der Waals surface area contributed by atoms with Crippen LogP contribution in [0.1, 0.15) is 38.1 Å². The highest BCUT2D eigenvalue weighted by Gasteiger charge is 2.20. The lowest BCUT2D eigenvalue weighted by Crippen LogP contribution is -2.43. The van der Waals surface area contributed by atoms with Gasteiger partial charge in [0.25, 0.3) is 0 Å². The van der Waals surface area contributed by atoms with Crippen LogP contribution < -0.4 is 15.4 Å². The average molecular weight is 330 g/mol. The van der Waals surface area contributed by atoms with Gasteiger partial charge in [0.15, 0.2) is 11.4 Å². The number of nitrogens with one attached hydrogen (secondary N) is 2. The van der Waals surface area contributed by atoms with Crippen molar-refractivity contribution in [2.45, 2.75) is 40.3 Å². The first-order valence-corrected chi connectivity index (χ1v) is 7.16. The summed E-state index contributed by atoms with van der Waals surface area (Å²) in [6.07, 6.45) is 0.458. The molecule has 22 heavy (non-hydrogen) atoms. The molecule has 1 unspecified atom stereocenters. The molecule has 0 heterocycles. The van der Waals surface area contributed by atoms with Gasteiger partial charge in [0, 0.05) is 17.8 Å². The Kier molecular flexibility index (Phi) is 6.22. The summed E-state index contributed by atoms with van der Waals surface area (Å²) in [4.78, 5) is 10.8. The Balaban J connectivity index is 2.81. The normalized spacial score (nSPS) is 12.7. The Morgan fingerprint density at radius 3 is 2.50 bits per heavy atom. The van der Waals surface area contributed by atoms with Crippen molar-refractivity contribution in [2.75, 3.05) is 5.32 Å². The molecule has 4 nitrogen and oxygen atoms in total. The van der Waals surface area contributed by atoms with Gasteiger partial charge in [0.2, 0.25) is 0 Å². The minimum Gasteiger partial charge on any atom is -0.434 e. The van der Waals surface area contributed by atoms with Gasteiger partial charge in [0.1, 0.15) is 5.75 Å². The molecule has 7 heteroatoms. The predicted octanol–water partition coefficient (Wildman–Crippen LogP) is 3.82. The number of thiocarbonyl (C=S) groups is 1. The standard InChI is InChI=1S/C15H20F2N2O2S/c1-9(15(2,3)4)18-14(22)19-11-6-5-10(8-20)12(7-11)21-13(16)17/h5-9,13H,1-4H3,(H2,18,19,22). The van der Waals surface area contributed by atoms with Gasteiger partial charge in [-0.05, 0) is 36.7 Å². The van der Waals surface area contributed by atoms with Gasteiger partial charge >= 0.3 is 6.61 Å². The molecule has 0 aliphatic carbocycles. The highest BCUT2D eigenvalue weighted by Crippen LogP contribution is 2.24. The van der Waals surface area contributed by atoms with Crippen LogP contribution >= 0.6 is 12.2 Å². The number of alkyl halides is 2. The number of benzene rings is 1. The maximum absolute atomic E-state index is 12.3. The quantitative estimate of drug-likeness (QED) is 0.635. The highest BCUT2D eigenvalue weighted by molar-refractivity contribution is 7.80. The van der Waals surface area contributed by atoms with Crippen LogP contribution in [0.4, 0.5) is 14.5 Å². The maximum atomic E-state index is 12.3. The summed E-state index contributed by atoms with van der Waals surface area (Å²) in [5.74, 6) is -0.193. The number of anilines is 1. The molecule has 0 aromatic heterocycles. The van der Waals surface area contributed by atoms with E-state index in [9.17, 15) is 13.6 Å². The Labute approximate surface area is 134 Å². The van der Waals surface area contributed by atoms with Gasteiger partial charge in [0.05, 0.1) is 5.56 Å². The molecule has 1 aromatic carbocycles. The van der Waals surface area contributed by atoms with E-state index in [1.807, 2.05) is 6.92 Å². The third-order valence-corrected chi connectivity index (χ3v) is 3.48. The molecule has 0 radical (unpaired) electrons. The van der Waals surface area contributed by atoms with Gasteiger partial charge < -0.3 is 15.4 Å². The van der Waals surface area contributed by atoms with Crippen LogP contribution in [0.3, 0.4) is 0 Å². The largest absolute Gasteiger partial charge is 0.434 e. The number of carbonyl (C=O) groups is 1. The third-order valence-electron chi connectivity index (χ3n) is 3.26. The summed E-state index contributed by atoms with van der Waals surface area (Å²) in [7, 11) is 0. The Bertz CT molecular complexity index is 545. The van der Waals surface area contributed by atoms with E-state index in [0.29, 0.717) is 17.1 Å². The second-order valence-corrected chi connectivity index (χ2v) is 6.34. The van der Waals surface area contributed by atoms with Gasteiger partial charge in [-0.25, -0.2) is 0 Å². The van der Waals surface area contributed by atoms with Crippen LogP contribution in [-0.2, 0) is 0 Å². The number of ether oxygens (including phenoxy) is 1. The number of aldehydes is 1. The van der Waals surface area contributed by atoms with Crippen LogP contribution in [0.15, 0.2) is 18.2 Å². The van der Waals surface area contributed by atoms with Crippen molar-refractivity contribution in [1.82, 2.24) is 5.32 Å². The number of hydrogen-bond donors (Lipinski definition) is 2. The summed E-state index contributed by atoms with van der Waals surface area (Å²) in [5, 5.41) is 6.37. The molecule has 0 aliphatic rings. The van der Waals surface area contributed by atoms with Crippen molar-refractivity contribution < 1.29 is 18.3 Å². The SMILES string of the molecule is CC(NC(=S)Nc1ccc(C=O)c(OC(F)F)c1)C(C)(C)C. The van der Waals surface area contributed by atoms with Gasteiger partial charge in [-0.15, -0.1) is 0 Å². The lowest BCUT2D eigenvalue weighted by molar-refractivity contribution is -0.0500. The van der Waals surface area contributed by atoms with E-state index in [1.54, 1.807) is 6.07 Å². The van der Waals surface area contributed by atoms with Crippen LogP contribution in [0, 0.1) is 5.41 Å². The lowest BCUT2D eigenvalue weighted by Gasteiger charge is -2.29. The fraction of sp³-hybridized carbons (Fsp3) is 0.467. The second kappa shape index (κ2) is 7.49. The number of hydrogen-bond acceptors (Lipinski definition) is 3. The molecule has 0 bridgehead atoms. The summed E-state index contributed by atoms with van der Waals surface area (Å²) < 4.78 is 29.0. The molecule has 2 N–H and O–H groups in total. The fourth-order valence-electron chi connectivity index (χ4n) is 1.49. The van der Waals surface area contributed by atoms with E-state index >= 15 is 0 Å². The van der Waals surface area contributed by atoms with Crippen molar-refractivity contribution in [1.29, 1.82) is 0 Å². The molecule has 0 aliphatic heterocycles. The third kappa shape index (κ3) is 5.55. The lowest BCUT2D eigenvalue weighted by atomic mass is 9.88. The van der Waals surface area contributed by atoms with E-state index < -0.39 is 6.61 Å². The Morgan fingerprint density at radius 2 is 2.00 bits per heavy atom. The maximum Gasteiger partial charge on any atom is 0.387 e. The van der Waals surface area contributed by atoms with Crippen LogP contribution in [0.2, 0.25) is 0 Å².